The Hall–Kier alpha value is -1.38. The van der Waals surface area contributed by atoms with E-state index in [9.17, 15) is 4.79 Å². The van der Waals surface area contributed by atoms with E-state index in [0.717, 1.165) is 48.4 Å². The predicted molar refractivity (Wildman–Crippen MR) is 113 cm³/mol. The highest BCUT2D eigenvalue weighted by Gasteiger charge is 2.60. The lowest BCUT2D eigenvalue weighted by molar-refractivity contribution is -0.137. The Balaban J connectivity index is 1.47. The maximum absolute atomic E-state index is 13.5. The van der Waals surface area contributed by atoms with Gasteiger partial charge in [0.25, 0.3) is 0 Å². The summed E-state index contributed by atoms with van der Waals surface area (Å²) >= 11 is 0. The maximum atomic E-state index is 13.5. The summed E-state index contributed by atoms with van der Waals surface area (Å²) in [7, 11) is 0. The van der Waals surface area contributed by atoms with Crippen LogP contribution < -0.4 is 0 Å². The van der Waals surface area contributed by atoms with Crippen LogP contribution in [-0.2, 0) is 11.3 Å². The molecule has 4 aliphatic carbocycles. The van der Waals surface area contributed by atoms with E-state index in [0.29, 0.717) is 17.1 Å². The Bertz CT molecular complexity index is 807. The van der Waals surface area contributed by atoms with Gasteiger partial charge < -0.3 is 0 Å². The van der Waals surface area contributed by atoms with Crippen LogP contribution in [0.25, 0.3) is 6.08 Å². The zero-order valence-corrected chi connectivity index (χ0v) is 17.9. The van der Waals surface area contributed by atoms with Crippen molar-refractivity contribution in [1.29, 1.82) is 0 Å². The predicted octanol–water partition coefficient (Wildman–Crippen LogP) is 5.90. The van der Waals surface area contributed by atoms with Gasteiger partial charge in [-0.1, -0.05) is 26.7 Å². The van der Waals surface area contributed by atoms with E-state index in [-0.39, 0.29) is 5.41 Å². The van der Waals surface area contributed by atoms with Crippen molar-refractivity contribution < 1.29 is 4.79 Å². The van der Waals surface area contributed by atoms with Crippen molar-refractivity contribution in [1.82, 2.24) is 9.78 Å². The molecule has 0 amide bonds. The minimum absolute atomic E-state index is 0.123. The van der Waals surface area contributed by atoms with Crippen molar-refractivity contribution in [3.63, 3.8) is 0 Å². The molecule has 1 aromatic heterocycles. The molecule has 0 bridgehead atoms. The summed E-state index contributed by atoms with van der Waals surface area (Å²) in [5, 5.41) is 4.39. The molecular weight excluding hydrogens is 344 g/mol. The van der Waals surface area contributed by atoms with E-state index >= 15 is 0 Å². The van der Waals surface area contributed by atoms with Crippen LogP contribution in [-0.4, -0.2) is 15.6 Å². The van der Waals surface area contributed by atoms with Gasteiger partial charge in [0.05, 0.1) is 5.69 Å². The van der Waals surface area contributed by atoms with E-state index in [1.54, 1.807) is 0 Å². The van der Waals surface area contributed by atoms with Crippen LogP contribution in [0.2, 0.25) is 0 Å². The maximum Gasteiger partial charge on any atom is 0.165 e. The number of aryl methyl sites for hydroxylation is 1. The third-order valence-electron chi connectivity index (χ3n) is 9.59. The Morgan fingerprint density at radius 1 is 1.14 bits per heavy atom. The van der Waals surface area contributed by atoms with Gasteiger partial charge in [0.2, 0.25) is 0 Å². The molecule has 0 unspecified atom stereocenters. The Kier molecular flexibility index (Phi) is 4.37. The average molecular weight is 381 g/mol. The summed E-state index contributed by atoms with van der Waals surface area (Å²) in [5.41, 5.74) is 2.58. The van der Waals surface area contributed by atoms with E-state index in [1.807, 2.05) is 16.9 Å². The molecule has 3 nitrogen and oxygen atoms in total. The number of aromatic nitrogens is 2. The zero-order valence-electron chi connectivity index (χ0n) is 17.9. The first kappa shape index (κ1) is 18.6. The summed E-state index contributed by atoms with van der Waals surface area (Å²) in [6.07, 6.45) is 15.9. The average Bonchev–Trinajstić information content (AvgIpc) is 3.24. The molecule has 4 fully saturated rings. The van der Waals surface area contributed by atoms with E-state index in [4.69, 9.17) is 0 Å². The number of fused-ring (bicyclic) bond motifs is 5. The van der Waals surface area contributed by atoms with Crippen LogP contribution in [0, 0.1) is 34.5 Å². The number of hydrogen-bond donors (Lipinski definition) is 0. The Morgan fingerprint density at radius 3 is 2.82 bits per heavy atom. The molecule has 0 N–H and O–H groups in total. The summed E-state index contributed by atoms with van der Waals surface area (Å²) in [6.45, 7) is 7.87. The SMILES string of the molecule is CCn1nccc1/C=C1\C[C@@H]2[C@H]3CC[C@H]4CCCC[C@]4(C)[C@@H]3CC[C@]2(C)C1=O. The van der Waals surface area contributed by atoms with Crippen molar-refractivity contribution in [2.24, 2.45) is 34.5 Å². The molecule has 0 aromatic carbocycles. The van der Waals surface area contributed by atoms with Crippen molar-refractivity contribution in [3.8, 4) is 0 Å². The number of nitrogens with zero attached hydrogens (tertiary/aromatic N) is 2. The second-order valence-corrected chi connectivity index (χ2v) is 10.6. The molecule has 0 aliphatic heterocycles. The minimum atomic E-state index is -0.123. The first-order valence-corrected chi connectivity index (χ1v) is 11.7. The van der Waals surface area contributed by atoms with E-state index in [2.05, 4.69) is 31.9 Å². The smallest absolute Gasteiger partial charge is 0.165 e. The number of rotatable bonds is 2. The Morgan fingerprint density at radius 2 is 2.00 bits per heavy atom. The first-order chi connectivity index (χ1) is 13.5. The van der Waals surface area contributed by atoms with Gasteiger partial charge in [0.1, 0.15) is 0 Å². The molecule has 28 heavy (non-hydrogen) atoms. The molecule has 0 spiro atoms. The lowest BCUT2D eigenvalue weighted by Gasteiger charge is -2.59. The fourth-order valence-corrected chi connectivity index (χ4v) is 8.00. The fraction of sp³-hybridized carbons (Fsp3) is 0.760. The number of allylic oxidation sites excluding steroid dienone is 1. The first-order valence-electron chi connectivity index (χ1n) is 11.7. The van der Waals surface area contributed by atoms with Gasteiger partial charge in [-0.15, -0.1) is 0 Å². The van der Waals surface area contributed by atoms with Crippen LogP contribution in [0.5, 0.6) is 0 Å². The number of carbonyl (C=O) groups excluding carboxylic acids is 1. The molecule has 6 atom stereocenters. The number of Topliss-reactive ketones (excluding diaryl/α,β-unsaturated/α-hetero) is 1. The topological polar surface area (TPSA) is 34.9 Å². The summed E-state index contributed by atoms with van der Waals surface area (Å²) in [6, 6.07) is 2.05. The molecule has 4 aliphatic rings. The van der Waals surface area contributed by atoms with Crippen LogP contribution in [0.15, 0.2) is 17.8 Å². The molecule has 152 valence electrons. The highest BCUT2D eigenvalue weighted by atomic mass is 16.1. The minimum Gasteiger partial charge on any atom is -0.294 e. The molecule has 4 saturated carbocycles. The van der Waals surface area contributed by atoms with Crippen LogP contribution in [0.4, 0.5) is 0 Å². The highest BCUT2D eigenvalue weighted by Crippen LogP contribution is 2.66. The monoisotopic (exact) mass is 380 g/mol. The normalized spacial score (nSPS) is 44.2. The second-order valence-electron chi connectivity index (χ2n) is 10.6. The van der Waals surface area contributed by atoms with Crippen molar-refractivity contribution in [2.45, 2.75) is 85.1 Å². The van der Waals surface area contributed by atoms with Gasteiger partial charge >= 0.3 is 0 Å². The van der Waals surface area contributed by atoms with Gasteiger partial charge in [-0.05, 0) is 98.7 Å². The summed E-state index contributed by atoms with van der Waals surface area (Å²) in [5.74, 6) is 3.54. The summed E-state index contributed by atoms with van der Waals surface area (Å²) < 4.78 is 2.00. The van der Waals surface area contributed by atoms with E-state index in [1.165, 1.54) is 44.9 Å². The highest BCUT2D eigenvalue weighted by molar-refractivity contribution is 6.05. The quantitative estimate of drug-likeness (QED) is 0.599. The molecule has 0 radical (unpaired) electrons. The standard InChI is InChI=1S/C25H36N2O/c1-4-27-19(11-14-26-27)15-17-16-22-20-9-8-18-7-5-6-12-24(18,2)21(20)10-13-25(22,3)23(17)28/h11,14-15,18,20-22H,4-10,12-13,16H2,1-3H3/b17-15+/t18-,20+,21-,22-,24+,25+/m1/s1. The number of ketones is 1. The van der Waals surface area contributed by atoms with Gasteiger partial charge in [-0.2, -0.15) is 5.10 Å². The number of hydrogen-bond acceptors (Lipinski definition) is 2. The van der Waals surface area contributed by atoms with Crippen LogP contribution in [0.1, 0.15) is 84.3 Å². The zero-order chi connectivity index (χ0) is 19.5. The molecular formula is C25H36N2O. The molecule has 1 aromatic rings. The van der Waals surface area contributed by atoms with Gasteiger partial charge in [-0.3, -0.25) is 9.48 Å². The lowest BCUT2D eigenvalue weighted by atomic mass is 9.45. The van der Waals surface area contributed by atoms with Crippen molar-refractivity contribution in [3.05, 3.63) is 23.5 Å². The van der Waals surface area contributed by atoms with Gasteiger partial charge in [0, 0.05) is 18.2 Å². The fourth-order valence-electron chi connectivity index (χ4n) is 8.00. The van der Waals surface area contributed by atoms with Crippen LogP contribution >= 0.6 is 0 Å². The third kappa shape index (κ3) is 2.53. The molecule has 3 heteroatoms. The van der Waals surface area contributed by atoms with Crippen LogP contribution in [0.3, 0.4) is 0 Å². The van der Waals surface area contributed by atoms with Gasteiger partial charge in [-0.25, -0.2) is 0 Å². The summed E-state index contributed by atoms with van der Waals surface area (Å²) in [4.78, 5) is 13.5. The van der Waals surface area contributed by atoms with Crippen molar-refractivity contribution >= 4 is 11.9 Å². The van der Waals surface area contributed by atoms with Gasteiger partial charge in [0.15, 0.2) is 5.78 Å². The molecule has 1 heterocycles. The third-order valence-corrected chi connectivity index (χ3v) is 9.59. The molecule has 5 rings (SSSR count). The second kappa shape index (κ2) is 6.57. The molecule has 0 saturated heterocycles. The Labute approximate surface area is 170 Å². The van der Waals surface area contributed by atoms with Crippen molar-refractivity contribution in [2.75, 3.05) is 0 Å². The number of carbonyl (C=O) groups is 1. The largest absolute Gasteiger partial charge is 0.294 e. The van der Waals surface area contributed by atoms with E-state index < -0.39 is 0 Å². The lowest BCUT2D eigenvalue weighted by Crippen LogP contribution is -2.52.